The third kappa shape index (κ3) is 4.46. The van der Waals surface area contributed by atoms with Gasteiger partial charge in [-0.05, 0) is 62.6 Å². The molecular weight excluding hydrogens is 386 g/mol. The first-order chi connectivity index (χ1) is 14.0. The van der Waals surface area contributed by atoms with Gasteiger partial charge in [-0.15, -0.1) is 11.3 Å². The summed E-state index contributed by atoms with van der Waals surface area (Å²) in [7, 11) is 0. The molecule has 2 aliphatic heterocycles. The van der Waals surface area contributed by atoms with Crippen LogP contribution in [0.3, 0.4) is 0 Å². The van der Waals surface area contributed by atoms with Crippen LogP contribution in [-0.2, 0) is 9.53 Å². The Morgan fingerprint density at radius 3 is 2.66 bits per heavy atom. The van der Waals surface area contributed by atoms with Crippen molar-refractivity contribution in [2.45, 2.75) is 26.3 Å². The predicted molar refractivity (Wildman–Crippen MR) is 116 cm³/mol. The van der Waals surface area contributed by atoms with Gasteiger partial charge >= 0.3 is 0 Å². The molecule has 154 valence electrons. The summed E-state index contributed by atoms with van der Waals surface area (Å²) in [6, 6.07) is 12.5. The Labute approximate surface area is 175 Å². The van der Waals surface area contributed by atoms with Crippen LogP contribution in [0.4, 0.5) is 11.4 Å². The number of thiophene rings is 1. The number of morpholine rings is 1. The van der Waals surface area contributed by atoms with E-state index in [2.05, 4.69) is 29.3 Å². The second-order valence-corrected chi connectivity index (χ2v) is 9.13. The second-order valence-electron chi connectivity index (χ2n) is 7.84. The maximum Gasteiger partial charge on any atom is 0.261 e. The number of amides is 2. The van der Waals surface area contributed by atoms with E-state index >= 15 is 0 Å². The number of rotatable bonds is 5. The molecule has 2 aromatic rings. The quantitative estimate of drug-likeness (QED) is 0.818. The van der Waals surface area contributed by atoms with Gasteiger partial charge in [-0.25, -0.2) is 0 Å². The molecular formula is C22H27N3O3S. The van der Waals surface area contributed by atoms with Gasteiger partial charge in [0.1, 0.15) is 6.61 Å². The number of carbonyl (C=O) groups is 2. The molecule has 2 atom stereocenters. The zero-order chi connectivity index (χ0) is 20.4. The molecule has 4 rings (SSSR count). The summed E-state index contributed by atoms with van der Waals surface area (Å²) < 4.78 is 5.20. The molecule has 29 heavy (non-hydrogen) atoms. The van der Waals surface area contributed by atoms with Crippen LogP contribution >= 0.6 is 11.3 Å². The molecule has 0 saturated carbocycles. The number of benzene rings is 1. The van der Waals surface area contributed by atoms with E-state index < -0.39 is 0 Å². The van der Waals surface area contributed by atoms with Crippen molar-refractivity contribution in [3.8, 4) is 0 Å². The molecule has 0 spiro atoms. The van der Waals surface area contributed by atoms with E-state index in [0.29, 0.717) is 31.7 Å². The highest BCUT2D eigenvalue weighted by atomic mass is 32.1. The monoisotopic (exact) mass is 413 g/mol. The molecule has 2 saturated heterocycles. The Kier molecular flexibility index (Phi) is 5.87. The predicted octanol–water partition coefficient (Wildman–Crippen LogP) is 3.06. The number of carbonyl (C=O) groups excluding carboxylic acids is 2. The summed E-state index contributed by atoms with van der Waals surface area (Å²) in [6.07, 6.45) is 1.05. The van der Waals surface area contributed by atoms with Crippen LogP contribution in [0.5, 0.6) is 0 Å². The third-order valence-electron chi connectivity index (χ3n) is 5.66. The Morgan fingerprint density at radius 2 is 1.97 bits per heavy atom. The van der Waals surface area contributed by atoms with E-state index in [-0.39, 0.29) is 18.4 Å². The van der Waals surface area contributed by atoms with Gasteiger partial charge in [0.2, 0.25) is 0 Å². The van der Waals surface area contributed by atoms with Gasteiger partial charge in [-0.3, -0.25) is 9.59 Å². The summed E-state index contributed by atoms with van der Waals surface area (Å²) >= 11 is 1.53. The molecule has 2 amide bonds. The molecule has 0 bridgehead atoms. The fourth-order valence-corrected chi connectivity index (χ4v) is 4.93. The van der Waals surface area contributed by atoms with Crippen molar-refractivity contribution in [3.63, 3.8) is 0 Å². The molecule has 0 radical (unpaired) electrons. The van der Waals surface area contributed by atoms with Crippen LogP contribution in [0.1, 0.15) is 27.9 Å². The molecule has 2 unspecified atom stereocenters. The number of hydrogen-bond donors (Lipinski definition) is 1. The van der Waals surface area contributed by atoms with Gasteiger partial charge in [-0.2, -0.15) is 0 Å². The normalized spacial score (nSPS) is 22.2. The molecule has 6 nitrogen and oxygen atoms in total. The average Bonchev–Trinajstić information content (AvgIpc) is 3.32. The van der Waals surface area contributed by atoms with E-state index in [9.17, 15) is 9.59 Å². The van der Waals surface area contributed by atoms with Crippen molar-refractivity contribution in [2.75, 3.05) is 42.6 Å². The fraction of sp³-hybridized carbons (Fsp3) is 0.455. The first kappa shape index (κ1) is 19.9. The lowest BCUT2D eigenvalue weighted by molar-refractivity contribution is -0.125. The summed E-state index contributed by atoms with van der Waals surface area (Å²) in [5.74, 6) is 0.458. The Morgan fingerprint density at radius 1 is 1.21 bits per heavy atom. The number of hydrogen-bond acceptors (Lipinski definition) is 5. The molecule has 1 N–H and O–H groups in total. The van der Waals surface area contributed by atoms with Crippen molar-refractivity contribution in [3.05, 3.63) is 46.2 Å². The van der Waals surface area contributed by atoms with Crippen LogP contribution in [-0.4, -0.2) is 50.7 Å². The fourth-order valence-electron chi connectivity index (χ4n) is 4.15. The molecule has 2 fully saturated rings. The zero-order valence-corrected chi connectivity index (χ0v) is 17.7. The van der Waals surface area contributed by atoms with Gasteiger partial charge in [0.25, 0.3) is 11.8 Å². The SMILES string of the molecule is Cc1ccc(C(=O)NCC2CC(C)N(c3ccc(N4CCOCC4=O)cc3)C2)s1. The van der Waals surface area contributed by atoms with Crippen LogP contribution in [0.15, 0.2) is 36.4 Å². The minimum atomic E-state index is 0.00952. The molecule has 0 aliphatic carbocycles. The standard InChI is InChI=1S/C22H27N3O3S/c1-15-11-17(12-23-22(27)20-8-3-16(2)29-20)13-25(15)19-6-4-18(5-7-19)24-9-10-28-14-21(24)26/h3-8,15,17H,9-14H2,1-2H3,(H,23,27). The van der Waals surface area contributed by atoms with Gasteiger partial charge in [-0.1, -0.05) is 0 Å². The van der Waals surface area contributed by atoms with Crippen LogP contribution in [0, 0.1) is 12.8 Å². The lowest BCUT2D eigenvalue weighted by atomic mass is 10.1. The Balaban J connectivity index is 1.34. The van der Waals surface area contributed by atoms with Gasteiger partial charge < -0.3 is 19.9 Å². The smallest absolute Gasteiger partial charge is 0.261 e. The second kappa shape index (κ2) is 8.55. The summed E-state index contributed by atoms with van der Waals surface area (Å²) in [4.78, 5) is 30.4. The van der Waals surface area contributed by atoms with Crippen molar-refractivity contribution in [2.24, 2.45) is 5.92 Å². The molecule has 1 aromatic heterocycles. The van der Waals surface area contributed by atoms with Crippen molar-refractivity contribution in [1.29, 1.82) is 0 Å². The van der Waals surface area contributed by atoms with E-state index in [0.717, 1.165) is 34.1 Å². The Hall–Kier alpha value is -2.38. The van der Waals surface area contributed by atoms with Gasteiger partial charge in [0.15, 0.2) is 0 Å². The molecule has 2 aliphatic rings. The third-order valence-corrected chi connectivity index (χ3v) is 6.66. The summed E-state index contributed by atoms with van der Waals surface area (Å²) in [5, 5.41) is 3.09. The van der Waals surface area contributed by atoms with E-state index in [1.807, 2.05) is 31.2 Å². The lowest BCUT2D eigenvalue weighted by Gasteiger charge is -2.28. The molecule has 3 heterocycles. The minimum absolute atomic E-state index is 0.00952. The number of anilines is 2. The zero-order valence-electron chi connectivity index (χ0n) is 16.9. The minimum Gasteiger partial charge on any atom is -0.370 e. The van der Waals surface area contributed by atoms with Crippen LogP contribution in [0.25, 0.3) is 0 Å². The summed E-state index contributed by atoms with van der Waals surface area (Å²) in [6.45, 7) is 7.18. The number of nitrogens with zero attached hydrogens (tertiary/aromatic N) is 2. The number of aryl methyl sites for hydroxylation is 1. The highest BCUT2D eigenvalue weighted by Gasteiger charge is 2.30. The van der Waals surface area contributed by atoms with Crippen molar-refractivity contribution < 1.29 is 14.3 Å². The maximum absolute atomic E-state index is 12.3. The van der Waals surface area contributed by atoms with E-state index in [4.69, 9.17) is 4.74 Å². The van der Waals surface area contributed by atoms with Crippen molar-refractivity contribution in [1.82, 2.24) is 5.32 Å². The average molecular weight is 414 g/mol. The first-order valence-corrected chi connectivity index (χ1v) is 10.9. The molecule has 1 aromatic carbocycles. The Bertz CT molecular complexity index is 880. The van der Waals surface area contributed by atoms with E-state index in [1.165, 1.54) is 11.3 Å². The number of nitrogens with one attached hydrogen (secondary N) is 1. The first-order valence-electron chi connectivity index (χ1n) is 10.1. The maximum atomic E-state index is 12.3. The number of ether oxygens (including phenoxy) is 1. The highest BCUT2D eigenvalue weighted by molar-refractivity contribution is 7.13. The van der Waals surface area contributed by atoms with Crippen LogP contribution in [0.2, 0.25) is 0 Å². The largest absolute Gasteiger partial charge is 0.370 e. The molecule has 7 heteroatoms. The van der Waals surface area contributed by atoms with E-state index in [1.54, 1.807) is 4.90 Å². The van der Waals surface area contributed by atoms with Crippen LogP contribution < -0.4 is 15.1 Å². The topological polar surface area (TPSA) is 61.9 Å². The lowest BCUT2D eigenvalue weighted by Crippen LogP contribution is -2.41. The highest BCUT2D eigenvalue weighted by Crippen LogP contribution is 2.30. The summed E-state index contributed by atoms with van der Waals surface area (Å²) in [5.41, 5.74) is 2.08. The van der Waals surface area contributed by atoms with Gasteiger partial charge in [0.05, 0.1) is 11.5 Å². The van der Waals surface area contributed by atoms with Crippen molar-refractivity contribution >= 4 is 34.5 Å². The van der Waals surface area contributed by atoms with Gasteiger partial charge in [0, 0.05) is 41.9 Å².